The molecule has 2 amide bonds. The Labute approximate surface area is 179 Å². The number of carbonyl (C=O) groups is 2. The van der Waals surface area contributed by atoms with Crippen LogP contribution in [0.2, 0.25) is 0 Å². The molecule has 6 N–H and O–H groups in total. The van der Waals surface area contributed by atoms with Crippen molar-refractivity contribution < 1.29 is 26.0 Å². The third-order valence-corrected chi connectivity index (χ3v) is 5.37. The van der Waals surface area contributed by atoms with Crippen molar-refractivity contribution in [3.8, 4) is 0 Å². The summed E-state index contributed by atoms with van der Waals surface area (Å²) in [7, 11) is 1.81. The molecule has 3 radical (unpaired) electrons. The third-order valence-electron chi connectivity index (χ3n) is 4.67. The second-order valence-corrected chi connectivity index (χ2v) is 7.65. The molecule has 1 saturated heterocycles. The van der Waals surface area contributed by atoms with E-state index in [-0.39, 0.29) is 28.2 Å². The van der Waals surface area contributed by atoms with Crippen LogP contribution in [0.5, 0.6) is 0 Å². The number of likely N-dealkylation sites (N-methyl/N-ethyl adjacent to an activating group) is 1. The number of anilines is 1. The molecule has 0 atom stereocenters. The van der Waals surface area contributed by atoms with Crippen molar-refractivity contribution in [1.82, 2.24) is 9.80 Å². The first-order chi connectivity index (χ1) is 12.5. The van der Waals surface area contributed by atoms with Gasteiger partial charge in [0.1, 0.15) is 0 Å². The van der Waals surface area contributed by atoms with E-state index in [0.717, 1.165) is 11.3 Å². The smallest absolute Gasteiger partial charge is 0.412 e. The minimum absolute atomic E-state index is 0. The Morgan fingerprint density at radius 3 is 2.00 bits per heavy atom. The first-order valence-corrected chi connectivity index (χ1v) is 9.74. The predicted molar refractivity (Wildman–Crippen MR) is 115 cm³/mol. The maximum Gasteiger partial charge on any atom is -0.412 e. The summed E-state index contributed by atoms with van der Waals surface area (Å²) in [5, 5.41) is 0. The van der Waals surface area contributed by atoms with Crippen LogP contribution in [0.25, 0.3) is 0 Å². The van der Waals surface area contributed by atoms with Gasteiger partial charge >= 0.3 is 122 Å². The van der Waals surface area contributed by atoms with E-state index in [2.05, 4.69) is 4.90 Å². The van der Waals surface area contributed by atoms with Gasteiger partial charge in [0.05, 0.1) is 0 Å². The Morgan fingerprint density at radius 2 is 1.45 bits per heavy atom. The van der Waals surface area contributed by atoms with Gasteiger partial charge in [0.15, 0.2) is 0 Å². The standard InChI is InChI=1S/C20H22GeN3O2.3H2O/c1-22(18-9-7-17(21)8-10-18)19(25)15-23-11-13-24(14-12-23)20(26)16-5-3-2-4-6-16;;;/h2-10H,11-15H2,1H3;3*1H2. The Balaban J connectivity index is 0.00000261. The number of carbonyl (C=O) groups excluding carboxylic acids is 2. The zero-order valence-electron chi connectivity index (χ0n) is 16.4. The first kappa shape index (κ1) is 26.8. The molecule has 1 aliphatic rings. The molecule has 2 aromatic carbocycles. The molecule has 0 spiro atoms. The van der Waals surface area contributed by atoms with Crippen LogP contribution in [0.15, 0.2) is 54.6 Å². The Hall–Kier alpha value is -2.24. The molecule has 1 heterocycles. The Bertz CT molecular complexity index is 765. The molecule has 0 aliphatic carbocycles. The molecule has 0 saturated carbocycles. The molecule has 29 heavy (non-hydrogen) atoms. The van der Waals surface area contributed by atoms with Gasteiger partial charge in [-0.1, -0.05) is 18.2 Å². The molecule has 157 valence electrons. The number of hydrogen-bond acceptors (Lipinski definition) is 3. The number of benzene rings is 2. The fourth-order valence-corrected chi connectivity index (χ4v) is 3.35. The van der Waals surface area contributed by atoms with Gasteiger partial charge < -0.3 is 16.4 Å². The summed E-state index contributed by atoms with van der Waals surface area (Å²) >= 11 is 2.03. The summed E-state index contributed by atoms with van der Waals surface area (Å²) in [4.78, 5) is 30.7. The van der Waals surface area contributed by atoms with Gasteiger partial charge in [0.25, 0.3) is 0 Å². The van der Waals surface area contributed by atoms with Crippen molar-refractivity contribution in [2.24, 2.45) is 0 Å². The van der Waals surface area contributed by atoms with Crippen LogP contribution in [0.1, 0.15) is 10.4 Å². The average Bonchev–Trinajstić information content (AvgIpc) is 2.68. The van der Waals surface area contributed by atoms with Crippen LogP contribution in [0, 0.1) is 0 Å². The SMILES string of the molecule is CN(C(=O)CN1CCN(C(=O)c2ccccc2)CC1)c1cc[c]([Ge])cc1.O.O.O. The van der Waals surface area contributed by atoms with E-state index < -0.39 is 0 Å². The summed E-state index contributed by atoms with van der Waals surface area (Å²) in [6, 6.07) is 17.3. The predicted octanol–water partition coefficient (Wildman–Crippen LogP) is -1.57. The topological polar surface area (TPSA) is 138 Å². The quantitative estimate of drug-likeness (QED) is 0.507. The van der Waals surface area contributed by atoms with Crippen LogP contribution < -0.4 is 9.30 Å². The summed E-state index contributed by atoms with van der Waals surface area (Å²) in [5.41, 5.74) is 1.62. The van der Waals surface area contributed by atoms with E-state index in [0.29, 0.717) is 32.7 Å². The zero-order chi connectivity index (χ0) is 18.5. The summed E-state index contributed by atoms with van der Waals surface area (Å²) in [5.74, 6) is 0.130. The number of amides is 2. The molecule has 0 bridgehead atoms. The Kier molecular flexibility index (Phi) is 11.4. The van der Waals surface area contributed by atoms with E-state index in [1.807, 2.05) is 83.1 Å². The van der Waals surface area contributed by atoms with Crippen LogP contribution in [-0.4, -0.2) is 94.3 Å². The monoisotopic (exact) mass is 464 g/mol. The van der Waals surface area contributed by atoms with Gasteiger partial charge in [-0.25, -0.2) is 0 Å². The number of hydrogen-bond donors (Lipinski definition) is 0. The minimum atomic E-state index is 0. The molecule has 3 rings (SSSR count). The summed E-state index contributed by atoms with van der Waals surface area (Å²) in [6.45, 7) is 3.10. The van der Waals surface area contributed by atoms with Crippen molar-refractivity contribution in [2.75, 3.05) is 44.7 Å². The van der Waals surface area contributed by atoms with Crippen LogP contribution in [-0.2, 0) is 4.79 Å². The van der Waals surface area contributed by atoms with Crippen molar-refractivity contribution in [2.45, 2.75) is 0 Å². The first-order valence-electron chi connectivity index (χ1n) is 8.69. The fourth-order valence-electron chi connectivity index (χ4n) is 3.00. The van der Waals surface area contributed by atoms with Crippen LogP contribution in [0.4, 0.5) is 5.69 Å². The Morgan fingerprint density at radius 1 is 0.897 bits per heavy atom. The van der Waals surface area contributed by atoms with E-state index in [4.69, 9.17) is 0 Å². The van der Waals surface area contributed by atoms with Gasteiger partial charge in [-0.3, -0.25) is 4.79 Å². The maximum absolute atomic E-state index is 12.5. The maximum atomic E-state index is 12.5. The molecule has 8 nitrogen and oxygen atoms in total. The number of nitrogens with zero attached hydrogens (tertiary/aromatic N) is 3. The van der Waals surface area contributed by atoms with E-state index in [1.54, 1.807) is 4.90 Å². The molecular weight excluding hydrogens is 435 g/mol. The number of piperazine rings is 1. The fraction of sp³-hybridized carbons (Fsp3) is 0.300. The van der Waals surface area contributed by atoms with Gasteiger partial charge in [-0.2, -0.15) is 0 Å². The van der Waals surface area contributed by atoms with Gasteiger partial charge in [0.2, 0.25) is 0 Å². The molecule has 1 fully saturated rings. The molecular formula is C20H28GeN3O5. The molecule has 0 aromatic heterocycles. The van der Waals surface area contributed by atoms with E-state index in [1.165, 1.54) is 4.40 Å². The van der Waals surface area contributed by atoms with Gasteiger partial charge in [-0.15, -0.1) is 0 Å². The summed E-state index contributed by atoms with van der Waals surface area (Å²) in [6.07, 6.45) is 0. The minimum Gasteiger partial charge on any atom is -0.412 e. The van der Waals surface area contributed by atoms with Crippen molar-refractivity contribution in [3.63, 3.8) is 0 Å². The normalized spacial score (nSPS) is 13.4. The van der Waals surface area contributed by atoms with Crippen LogP contribution >= 0.6 is 0 Å². The summed E-state index contributed by atoms with van der Waals surface area (Å²) < 4.78 is 1.17. The second kappa shape index (κ2) is 12.4. The molecule has 2 aromatic rings. The second-order valence-electron chi connectivity index (χ2n) is 6.43. The number of rotatable bonds is 4. The van der Waals surface area contributed by atoms with Crippen LogP contribution in [0.3, 0.4) is 0 Å². The van der Waals surface area contributed by atoms with Gasteiger partial charge in [0, 0.05) is 5.56 Å². The molecule has 0 unspecified atom stereocenters. The average molecular weight is 463 g/mol. The van der Waals surface area contributed by atoms with Crippen molar-refractivity contribution in [3.05, 3.63) is 60.2 Å². The van der Waals surface area contributed by atoms with E-state index >= 15 is 0 Å². The zero-order valence-corrected chi connectivity index (χ0v) is 18.5. The molecule has 9 heteroatoms. The third kappa shape index (κ3) is 6.95. The molecule has 1 aliphatic heterocycles. The van der Waals surface area contributed by atoms with Crippen molar-refractivity contribution >= 4 is 38.4 Å². The van der Waals surface area contributed by atoms with Crippen molar-refractivity contribution in [1.29, 1.82) is 0 Å². The van der Waals surface area contributed by atoms with Gasteiger partial charge in [-0.05, 0) is 12.1 Å². The largest absolute Gasteiger partial charge is 0.412 e. The van der Waals surface area contributed by atoms with E-state index in [9.17, 15) is 9.59 Å².